The molecule has 0 atom stereocenters. The van der Waals surface area contributed by atoms with Crippen molar-refractivity contribution in [2.24, 2.45) is 0 Å². The average molecular weight is 285 g/mol. The maximum Gasteiger partial charge on any atom is 0.248 e. The molecule has 20 heavy (non-hydrogen) atoms. The van der Waals surface area contributed by atoms with Crippen LogP contribution in [0.1, 0.15) is 0 Å². The maximum absolute atomic E-state index is 6.01. The molecule has 0 radical (unpaired) electrons. The van der Waals surface area contributed by atoms with E-state index in [-0.39, 0.29) is 0 Å². The Balaban J connectivity index is 1.85. The fourth-order valence-electron chi connectivity index (χ4n) is 1.55. The molecule has 0 spiro atoms. The molecule has 0 aliphatic heterocycles. The lowest BCUT2D eigenvalue weighted by atomic mass is 10.3. The number of benzene rings is 1. The molecule has 3 rings (SSSR count). The molecule has 0 saturated heterocycles. The van der Waals surface area contributed by atoms with Gasteiger partial charge in [0.15, 0.2) is 10.9 Å². The zero-order valence-corrected chi connectivity index (χ0v) is 11.2. The fourth-order valence-corrected chi connectivity index (χ4v) is 2.07. The van der Waals surface area contributed by atoms with Crippen LogP contribution in [0.5, 0.6) is 11.6 Å². The van der Waals surface area contributed by atoms with Crippen molar-refractivity contribution >= 4 is 28.0 Å². The highest BCUT2D eigenvalue weighted by Crippen LogP contribution is 2.30. The first-order valence-corrected chi connectivity index (χ1v) is 6.71. The minimum Gasteiger partial charge on any atom is -0.437 e. The molecule has 0 unspecified atom stereocenters. The predicted molar refractivity (Wildman–Crippen MR) is 78.4 cm³/mol. The molecule has 0 saturated carbocycles. The van der Waals surface area contributed by atoms with Crippen molar-refractivity contribution in [3.8, 4) is 11.6 Å². The third-order valence-corrected chi connectivity index (χ3v) is 3.15. The van der Waals surface area contributed by atoms with Gasteiger partial charge in [0.25, 0.3) is 0 Å². The fraction of sp³-hybridized carbons (Fsp3) is 0. The summed E-state index contributed by atoms with van der Waals surface area (Å²) in [6, 6.07) is 9.32. The zero-order valence-electron chi connectivity index (χ0n) is 10.4. The minimum atomic E-state index is 0.310. The van der Waals surface area contributed by atoms with E-state index in [1.807, 2.05) is 35.7 Å². The Morgan fingerprint density at radius 2 is 1.95 bits per heavy atom. The number of hydrogen-bond acceptors (Lipinski definition) is 7. The lowest BCUT2D eigenvalue weighted by Gasteiger charge is -2.10. The third kappa shape index (κ3) is 2.67. The molecule has 1 aromatic carbocycles. The van der Waals surface area contributed by atoms with E-state index in [1.54, 1.807) is 6.20 Å². The van der Waals surface area contributed by atoms with Crippen LogP contribution in [-0.4, -0.2) is 15.0 Å². The molecule has 3 N–H and O–H groups in total. The molecule has 2 aromatic heterocycles. The number of ether oxygens (including phenoxy) is 1. The number of hydrogen-bond donors (Lipinski definition) is 2. The summed E-state index contributed by atoms with van der Waals surface area (Å²) < 4.78 is 5.64. The van der Waals surface area contributed by atoms with Crippen LogP contribution in [0.2, 0.25) is 0 Å². The van der Waals surface area contributed by atoms with Gasteiger partial charge in [-0.1, -0.05) is 18.2 Å². The van der Waals surface area contributed by atoms with Gasteiger partial charge >= 0.3 is 0 Å². The summed E-state index contributed by atoms with van der Waals surface area (Å²) in [5.74, 6) is 1.45. The van der Waals surface area contributed by atoms with E-state index < -0.39 is 0 Å². The first-order valence-electron chi connectivity index (χ1n) is 5.83. The minimum absolute atomic E-state index is 0.310. The molecule has 0 aliphatic carbocycles. The van der Waals surface area contributed by atoms with Gasteiger partial charge in [-0.05, 0) is 12.1 Å². The Morgan fingerprint density at radius 3 is 2.70 bits per heavy atom. The quantitative estimate of drug-likeness (QED) is 0.766. The Kier molecular flexibility index (Phi) is 3.42. The second-order valence-electron chi connectivity index (χ2n) is 3.82. The van der Waals surface area contributed by atoms with E-state index in [1.165, 1.54) is 17.7 Å². The maximum atomic E-state index is 6.01. The molecule has 100 valence electrons. The number of aromatic nitrogens is 3. The largest absolute Gasteiger partial charge is 0.437 e. The van der Waals surface area contributed by atoms with Crippen LogP contribution in [0.3, 0.4) is 0 Å². The van der Waals surface area contributed by atoms with Crippen LogP contribution in [-0.2, 0) is 0 Å². The van der Waals surface area contributed by atoms with E-state index in [9.17, 15) is 0 Å². The normalized spacial score (nSPS) is 10.2. The number of nitrogens with one attached hydrogen (secondary N) is 1. The topological polar surface area (TPSA) is 86.0 Å². The van der Waals surface area contributed by atoms with Crippen molar-refractivity contribution in [2.45, 2.75) is 0 Å². The molecular weight excluding hydrogens is 274 g/mol. The summed E-state index contributed by atoms with van der Waals surface area (Å²) in [4.78, 5) is 12.3. The second kappa shape index (κ2) is 5.54. The lowest BCUT2D eigenvalue weighted by Crippen LogP contribution is -2.02. The summed E-state index contributed by atoms with van der Waals surface area (Å²) in [6.45, 7) is 0. The van der Waals surface area contributed by atoms with Gasteiger partial charge in [-0.25, -0.2) is 9.97 Å². The highest BCUT2D eigenvalue weighted by Gasteiger charge is 2.11. The molecular formula is C13H11N5OS. The summed E-state index contributed by atoms with van der Waals surface area (Å²) in [5, 5.41) is 5.60. The number of rotatable bonds is 4. The Morgan fingerprint density at radius 1 is 1.10 bits per heavy atom. The van der Waals surface area contributed by atoms with Gasteiger partial charge in [0.2, 0.25) is 5.88 Å². The first-order chi connectivity index (χ1) is 9.83. The van der Waals surface area contributed by atoms with Gasteiger partial charge in [0.1, 0.15) is 17.8 Å². The van der Waals surface area contributed by atoms with Crippen LogP contribution in [0.25, 0.3) is 0 Å². The molecule has 6 nitrogen and oxygen atoms in total. The van der Waals surface area contributed by atoms with Crippen molar-refractivity contribution in [1.29, 1.82) is 0 Å². The number of anilines is 3. The van der Waals surface area contributed by atoms with E-state index in [0.717, 1.165) is 0 Å². The third-order valence-electron chi connectivity index (χ3n) is 2.46. The summed E-state index contributed by atoms with van der Waals surface area (Å²) in [5.41, 5.74) is 6.35. The van der Waals surface area contributed by atoms with Crippen molar-refractivity contribution in [3.63, 3.8) is 0 Å². The molecule has 7 heteroatoms. The molecule has 0 amide bonds. The standard InChI is InChI=1S/C13H11N5OS/c14-10-11(18-13-15-6-7-20-13)16-8-17-12(10)19-9-4-2-1-3-5-9/h1-8H,14H2,(H,15,16,17,18). The molecule has 0 fully saturated rings. The Hall–Kier alpha value is -2.67. The van der Waals surface area contributed by atoms with Gasteiger partial charge in [-0.15, -0.1) is 11.3 Å². The number of thiazole rings is 1. The smallest absolute Gasteiger partial charge is 0.248 e. The predicted octanol–water partition coefficient (Wildman–Crippen LogP) is 3.05. The second-order valence-corrected chi connectivity index (χ2v) is 4.71. The van der Waals surface area contributed by atoms with Crippen LogP contribution >= 0.6 is 11.3 Å². The Labute approximate surface area is 119 Å². The van der Waals surface area contributed by atoms with Crippen LogP contribution in [0, 0.1) is 0 Å². The highest BCUT2D eigenvalue weighted by molar-refractivity contribution is 7.13. The monoisotopic (exact) mass is 285 g/mol. The van der Waals surface area contributed by atoms with Gasteiger partial charge < -0.3 is 15.8 Å². The average Bonchev–Trinajstić information content (AvgIpc) is 2.97. The zero-order chi connectivity index (χ0) is 13.8. The SMILES string of the molecule is Nc1c(Nc2nccs2)ncnc1Oc1ccccc1. The first kappa shape index (κ1) is 12.4. The molecule has 0 aliphatic rings. The van der Waals surface area contributed by atoms with E-state index in [4.69, 9.17) is 10.5 Å². The van der Waals surface area contributed by atoms with Crippen molar-refractivity contribution in [1.82, 2.24) is 15.0 Å². The molecule has 0 bridgehead atoms. The van der Waals surface area contributed by atoms with Crippen LogP contribution in [0.4, 0.5) is 16.6 Å². The molecule has 3 aromatic rings. The number of para-hydroxylation sites is 1. The lowest BCUT2D eigenvalue weighted by molar-refractivity contribution is 0.464. The Bertz CT molecular complexity index is 687. The summed E-state index contributed by atoms with van der Waals surface area (Å²) in [6.07, 6.45) is 3.09. The van der Waals surface area contributed by atoms with Gasteiger partial charge in [-0.3, -0.25) is 0 Å². The van der Waals surface area contributed by atoms with Crippen molar-refractivity contribution < 1.29 is 4.74 Å². The van der Waals surface area contributed by atoms with Gasteiger partial charge in [-0.2, -0.15) is 4.98 Å². The summed E-state index contributed by atoms with van der Waals surface area (Å²) in [7, 11) is 0. The van der Waals surface area contributed by atoms with Gasteiger partial charge in [0, 0.05) is 11.6 Å². The number of nitrogen functional groups attached to an aromatic ring is 1. The van der Waals surface area contributed by atoms with Crippen molar-refractivity contribution in [3.05, 3.63) is 48.2 Å². The molecule has 2 heterocycles. The number of nitrogens with zero attached hydrogens (tertiary/aromatic N) is 3. The van der Waals surface area contributed by atoms with E-state index in [0.29, 0.717) is 28.3 Å². The summed E-state index contributed by atoms with van der Waals surface area (Å²) >= 11 is 1.46. The van der Waals surface area contributed by atoms with Gasteiger partial charge in [0.05, 0.1) is 0 Å². The highest BCUT2D eigenvalue weighted by atomic mass is 32.1. The van der Waals surface area contributed by atoms with Crippen molar-refractivity contribution in [2.75, 3.05) is 11.1 Å². The number of nitrogens with two attached hydrogens (primary N) is 1. The van der Waals surface area contributed by atoms with E-state index >= 15 is 0 Å². The van der Waals surface area contributed by atoms with Crippen LogP contribution in [0.15, 0.2) is 48.2 Å². The van der Waals surface area contributed by atoms with E-state index in [2.05, 4.69) is 20.3 Å². The van der Waals surface area contributed by atoms with Crippen LogP contribution < -0.4 is 15.8 Å².